The number of esters is 1. The molecular formula is C11H12N2O3S2. The number of hydrogen-bond acceptors (Lipinski definition) is 5. The van der Waals surface area contributed by atoms with Gasteiger partial charge in [-0.1, -0.05) is 6.92 Å². The number of carbonyl (C=O) groups excluding carboxylic acids is 1. The van der Waals surface area contributed by atoms with Gasteiger partial charge in [-0.2, -0.15) is 0 Å². The number of nitrogens with zero attached hydrogens (tertiary/aromatic N) is 1. The second kappa shape index (κ2) is 5.03. The summed E-state index contributed by atoms with van der Waals surface area (Å²) in [5, 5.41) is 2.34. The molecule has 0 aliphatic rings. The van der Waals surface area contributed by atoms with Crippen LogP contribution in [0.4, 0.5) is 0 Å². The molecule has 1 atom stereocenters. The predicted molar refractivity (Wildman–Crippen MR) is 72.6 cm³/mol. The summed E-state index contributed by atoms with van der Waals surface area (Å²) in [7, 11) is 1.30. The van der Waals surface area contributed by atoms with E-state index in [9.17, 15) is 9.59 Å². The van der Waals surface area contributed by atoms with E-state index in [4.69, 9.17) is 17.0 Å². The van der Waals surface area contributed by atoms with E-state index in [1.807, 2.05) is 0 Å². The van der Waals surface area contributed by atoms with Gasteiger partial charge in [-0.05, 0) is 30.1 Å². The fourth-order valence-corrected chi connectivity index (χ4v) is 2.98. The zero-order valence-corrected chi connectivity index (χ0v) is 11.6. The maximum atomic E-state index is 12.3. The van der Waals surface area contributed by atoms with Gasteiger partial charge in [-0.3, -0.25) is 9.36 Å². The SMILES string of the molecule is CCC(C(=O)OC)n1c(=S)[nH]c2sccc2c1=O. The Balaban J connectivity index is 2.73. The summed E-state index contributed by atoms with van der Waals surface area (Å²) < 4.78 is 6.24. The van der Waals surface area contributed by atoms with Crippen molar-refractivity contribution in [2.45, 2.75) is 19.4 Å². The lowest BCUT2D eigenvalue weighted by Gasteiger charge is -2.15. The molecule has 2 aromatic heterocycles. The zero-order valence-electron chi connectivity index (χ0n) is 9.93. The van der Waals surface area contributed by atoms with Gasteiger partial charge < -0.3 is 9.72 Å². The van der Waals surface area contributed by atoms with E-state index in [1.54, 1.807) is 18.4 Å². The fraction of sp³-hybridized carbons (Fsp3) is 0.364. The monoisotopic (exact) mass is 284 g/mol. The minimum Gasteiger partial charge on any atom is -0.467 e. The predicted octanol–water partition coefficient (Wildman–Crippen LogP) is 2.24. The number of carbonyl (C=O) groups is 1. The topological polar surface area (TPSA) is 64.1 Å². The molecule has 0 spiro atoms. The largest absolute Gasteiger partial charge is 0.467 e. The standard InChI is InChI=1S/C11H12N2O3S2/c1-3-7(10(15)16-2)13-9(14)6-4-5-18-8(6)12-11(13)17/h4-5,7H,3H2,1-2H3,(H,12,17). The first kappa shape index (κ1) is 13.0. The van der Waals surface area contributed by atoms with Crippen LogP contribution in [-0.2, 0) is 9.53 Å². The molecule has 0 aliphatic carbocycles. The first-order valence-corrected chi connectivity index (χ1v) is 6.68. The molecule has 0 aromatic carbocycles. The highest BCUT2D eigenvalue weighted by Crippen LogP contribution is 2.17. The summed E-state index contributed by atoms with van der Waals surface area (Å²) in [6.07, 6.45) is 0.444. The van der Waals surface area contributed by atoms with Crippen LogP contribution in [0.1, 0.15) is 19.4 Å². The van der Waals surface area contributed by atoms with Gasteiger partial charge in [-0.25, -0.2) is 4.79 Å². The molecule has 18 heavy (non-hydrogen) atoms. The Hall–Kier alpha value is -1.47. The normalized spacial score (nSPS) is 12.6. The van der Waals surface area contributed by atoms with Crippen molar-refractivity contribution in [1.29, 1.82) is 0 Å². The third-order valence-electron chi connectivity index (χ3n) is 2.73. The first-order chi connectivity index (χ1) is 8.60. The Labute approximate surface area is 112 Å². The maximum absolute atomic E-state index is 12.3. The molecule has 0 saturated heterocycles. The Kier molecular flexibility index (Phi) is 3.63. The van der Waals surface area contributed by atoms with Crippen LogP contribution >= 0.6 is 23.6 Å². The van der Waals surface area contributed by atoms with Gasteiger partial charge in [-0.15, -0.1) is 11.3 Å². The number of hydrogen-bond donors (Lipinski definition) is 1. The first-order valence-electron chi connectivity index (χ1n) is 5.40. The van der Waals surface area contributed by atoms with Crippen molar-refractivity contribution in [2.24, 2.45) is 0 Å². The van der Waals surface area contributed by atoms with Gasteiger partial charge in [0.15, 0.2) is 4.77 Å². The molecule has 0 bridgehead atoms. The van der Waals surface area contributed by atoms with E-state index < -0.39 is 12.0 Å². The maximum Gasteiger partial charge on any atom is 0.329 e. The summed E-state index contributed by atoms with van der Waals surface area (Å²) >= 11 is 6.56. The molecule has 0 saturated carbocycles. The Morgan fingerprint density at radius 2 is 2.39 bits per heavy atom. The van der Waals surface area contributed by atoms with Gasteiger partial charge in [0.1, 0.15) is 10.9 Å². The summed E-state index contributed by atoms with van der Waals surface area (Å²) in [6, 6.07) is 1.03. The highest BCUT2D eigenvalue weighted by Gasteiger charge is 2.22. The molecule has 0 fully saturated rings. The molecule has 1 unspecified atom stereocenters. The number of fused-ring (bicyclic) bond motifs is 1. The minimum absolute atomic E-state index is 0.243. The minimum atomic E-state index is -0.685. The van der Waals surface area contributed by atoms with Crippen LogP contribution in [0.3, 0.4) is 0 Å². The smallest absolute Gasteiger partial charge is 0.329 e. The van der Waals surface area contributed by atoms with Gasteiger partial charge in [0, 0.05) is 0 Å². The van der Waals surface area contributed by atoms with Crippen molar-refractivity contribution in [3.63, 3.8) is 0 Å². The summed E-state index contributed by atoms with van der Waals surface area (Å²) in [6.45, 7) is 1.81. The van der Waals surface area contributed by atoms with E-state index in [-0.39, 0.29) is 10.3 Å². The number of rotatable bonds is 3. The van der Waals surface area contributed by atoms with Crippen LogP contribution in [0.2, 0.25) is 0 Å². The highest BCUT2D eigenvalue weighted by atomic mass is 32.1. The lowest BCUT2D eigenvalue weighted by molar-refractivity contribution is -0.144. The molecular weight excluding hydrogens is 272 g/mol. The number of ether oxygens (including phenoxy) is 1. The van der Waals surface area contributed by atoms with Crippen molar-refractivity contribution >= 4 is 39.7 Å². The molecule has 1 N–H and O–H groups in total. The molecule has 5 nitrogen and oxygen atoms in total. The van der Waals surface area contributed by atoms with Crippen LogP contribution in [-0.4, -0.2) is 22.6 Å². The van der Waals surface area contributed by atoms with E-state index in [1.165, 1.54) is 23.0 Å². The van der Waals surface area contributed by atoms with Gasteiger partial charge >= 0.3 is 5.97 Å². The number of aromatic nitrogens is 2. The zero-order chi connectivity index (χ0) is 13.3. The van der Waals surface area contributed by atoms with Crippen LogP contribution < -0.4 is 5.56 Å². The Bertz CT molecular complexity index is 698. The van der Waals surface area contributed by atoms with Crippen molar-refractivity contribution in [3.8, 4) is 0 Å². The van der Waals surface area contributed by atoms with Crippen molar-refractivity contribution in [1.82, 2.24) is 9.55 Å². The quantitative estimate of drug-likeness (QED) is 0.693. The lowest BCUT2D eigenvalue weighted by Crippen LogP contribution is -2.31. The second-order valence-electron chi connectivity index (χ2n) is 3.72. The summed E-state index contributed by atoms with van der Waals surface area (Å²) in [5.41, 5.74) is -0.257. The molecule has 2 heterocycles. The number of thiophene rings is 1. The van der Waals surface area contributed by atoms with E-state index in [0.717, 1.165) is 4.83 Å². The van der Waals surface area contributed by atoms with Gasteiger partial charge in [0.2, 0.25) is 0 Å². The molecule has 2 rings (SSSR count). The molecule has 7 heteroatoms. The van der Waals surface area contributed by atoms with E-state index >= 15 is 0 Å². The van der Waals surface area contributed by atoms with Crippen LogP contribution in [0, 0.1) is 4.77 Å². The molecule has 2 aromatic rings. The van der Waals surface area contributed by atoms with Gasteiger partial charge in [0.05, 0.1) is 12.5 Å². The summed E-state index contributed by atoms with van der Waals surface area (Å²) in [5.74, 6) is -0.464. The second-order valence-corrected chi connectivity index (χ2v) is 5.02. The third kappa shape index (κ3) is 1.99. The van der Waals surface area contributed by atoms with Crippen LogP contribution in [0.25, 0.3) is 10.2 Å². The van der Waals surface area contributed by atoms with Crippen LogP contribution in [0.5, 0.6) is 0 Å². The fourth-order valence-electron chi connectivity index (χ4n) is 1.83. The molecule has 0 radical (unpaired) electrons. The van der Waals surface area contributed by atoms with Crippen molar-refractivity contribution in [3.05, 3.63) is 26.6 Å². The Morgan fingerprint density at radius 1 is 1.67 bits per heavy atom. The molecule has 96 valence electrons. The number of nitrogens with one attached hydrogen (secondary N) is 1. The average molecular weight is 284 g/mol. The number of aromatic amines is 1. The van der Waals surface area contributed by atoms with E-state index in [2.05, 4.69) is 4.98 Å². The molecule has 0 amide bonds. The number of H-pyrrole nitrogens is 1. The van der Waals surface area contributed by atoms with E-state index in [0.29, 0.717) is 11.8 Å². The summed E-state index contributed by atoms with van der Waals surface area (Å²) in [4.78, 5) is 27.7. The highest BCUT2D eigenvalue weighted by molar-refractivity contribution is 7.71. The Morgan fingerprint density at radius 3 is 3.00 bits per heavy atom. The van der Waals surface area contributed by atoms with Crippen molar-refractivity contribution < 1.29 is 9.53 Å². The number of methoxy groups -OCH3 is 1. The van der Waals surface area contributed by atoms with Gasteiger partial charge in [0.25, 0.3) is 5.56 Å². The average Bonchev–Trinajstić information content (AvgIpc) is 2.81. The van der Waals surface area contributed by atoms with Crippen molar-refractivity contribution in [2.75, 3.05) is 7.11 Å². The van der Waals surface area contributed by atoms with Crippen LogP contribution in [0.15, 0.2) is 16.2 Å². The lowest BCUT2D eigenvalue weighted by atomic mass is 10.2. The third-order valence-corrected chi connectivity index (χ3v) is 3.85. The molecule has 0 aliphatic heterocycles.